The van der Waals surface area contributed by atoms with Crippen LogP contribution in [-0.2, 0) is 14.8 Å². The van der Waals surface area contributed by atoms with Crippen molar-refractivity contribution in [2.75, 3.05) is 0 Å². The largest absolute Gasteiger partial charge is 0.266 e. The Labute approximate surface area is 95.6 Å². The van der Waals surface area contributed by atoms with E-state index in [0.717, 1.165) is 0 Å². The number of halogens is 2. The number of fused-ring (bicyclic) bond motifs is 1. The first kappa shape index (κ1) is 10.7. The summed E-state index contributed by atoms with van der Waals surface area (Å²) in [6.45, 7) is 0. The fourth-order valence-corrected chi connectivity index (χ4v) is 2.63. The van der Waals surface area contributed by atoms with Crippen LogP contribution >= 0.6 is 22.3 Å². The van der Waals surface area contributed by atoms with Crippen molar-refractivity contribution in [3.05, 3.63) is 28.9 Å². The summed E-state index contributed by atoms with van der Waals surface area (Å²) in [5, 5.41) is 7.41. The lowest BCUT2D eigenvalue weighted by atomic mass is 10.1. The smallest absolute Gasteiger partial charge is 0.236 e. The third kappa shape index (κ3) is 2.25. The maximum absolute atomic E-state index is 11.0. The summed E-state index contributed by atoms with van der Waals surface area (Å²) in [7, 11) is 1.59. The molecule has 0 atom stereocenters. The first-order chi connectivity index (χ1) is 6.97. The maximum atomic E-state index is 11.0. The normalized spacial score (nSPS) is 12.1. The lowest BCUT2D eigenvalue weighted by Crippen LogP contribution is -1.95. The van der Waals surface area contributed by atoms with Crippen LogP contribution in [0.5, 0.6) is 0 Å². The van der Waals surface area contributed by atoms with Gasteiger partial charge >= 0.3 is 0 Å². The Morgan fingerprint density at radius 3 is 2.80 bits per heavy atom. The molecule has 0 fully saturated rings. The molecule has 2 rings (SSSR count). The molecule has 0 amide bonds. The second kappa shape index (κ2) is 3.66. The number of hydrogen-bond acceptors (Lipinski definition) is 3. The third-order valence-electron chi connectivity index (χ3n) is 1.95. The molecule has 0 radical (unpaired) electrons. The summed E-state index contributed by atoms with van der Waals surface area (Å²) in [5.41, 5.74) is 1.17. The predicted octanol–water partition coefficient (Wildman–Crippen LogP) is 2.28. The maximum Gasteiger partial charge on any atom is 0.236 e. The van der Waals surface area contributed by atoms with Crippen LogP contribution in [0, 0.1) is 0 Å². The van der Waals surface area contributed by atoms with E-state index in [9.17, 15) is 8.42 Å². The van der Waals surface area contributed by atoms with Crippen molar-refractivity contribution in [3.63, 3.8) is 0 Å². The zero-order chi connectivity index (χ0) is 11.1. The van der Waals surface area contributed by atoms with Gasteiger partial charge in [-0.25, -0.2) is 8.42 Å². The van der Waals surface area contributed by atoms with E-state index in [4.69, 9.17) is 22.3 Å². The molecular formula is C8H6Cl2N2O2S. The fraction of sp³-hybridized carbons (Fsp3) is 0.125. The van der Waals surface area contributed by atoms with E-state index in [1.54, 1.807) is 18.2 Å². The Kier molecular flexibility index (Phi) is 2.62. The Hall–Kier alpha value is -0.780. The summed E-state index contributed by atoms with van der Waals surface area (Å²) in [5.74, 6) is -0.259. The highest BCUT2D eigenvalue weighted by Crippen LogP contribution is 2.26. The van der Waals surface area contributed by atoms with Gasteiger partial charge in [0.1, 0.15) is 5.15 Å². The van der Waals surface area contributed by atoms with Gasteiger partial charge in [0, 0.05) is 16.1 Å². The minimum Gasteiger partial charge on any atom is -0.266 e. The van der Waals surface area contributed by atoms with Gasteiger partial charge in [0.05, 0.1) is 11.3 Å². The van der Waals surface area contributed by atoms with Crippen molar-refractivity contribution in [2.24, 2.45) is 0 Å². The first-order valence-corrected chi connectivity index (χ1v) is 6.87. The molecule has 0 aliphatic heterocycles. The van der Waals surface area contributed by atoms with Crippen molar-refractivity contribution < 1.29 is 8.42 Å². The molecule has 0 unspecified atom stereocenters. The number of nitrogens with one attached hydrogen (secondary N) is 1. The van der Waals surface area contributed by atoms with Crippen LogP contribution in [0.2, 0.25) is 5.15 Å². The zero-order valence-electron chi connectivity index (χ0n) is 7.37. The summed E-state index contributed by atoms with van der Waals surface area (Å²) in [6.07, 6.45) is 0. The van der Waals surface area contributed by atoms with Crippen molar-refractivity contribution in [1.82, 2.24) is 10.2 Å². The minimum atomic E-state index is -3.59. The van der Waals surface area contributed by atoms with Gasteiger partial charge < -0.3 is 0 Å². The van der Waals surface area contributed by atoms with Gasteiger partial charge in [-0.2, -0.15) is 5.10 Å². The quantitative estimate of drug-likeness (QED) is 0.847. The van der Waals surface area contributed by atoms with Crippen LogP contribution in [0.1, 0.15) is 5.56 Å². The number of hydrogen-bond donors (Lipinski definition) is 1. The average molecular weight is 265 g/mol. The van der Waals surface area contributed by atoms with Gasteiger partial charge in [-0.05, 0) is 11.6 Å². The summed E-state index contributed by atoms with van der Waals surface area (Å²) in [4.78, 5) is 0. The van der Waals surface area contributed by atoms with Crippen LogP contribution in [0.3, 0.4) is 0 Å². The summed E-state index contributed by atoms with van der Waals surface area (Å²) in [6, 6.07) is 5.10. The molecule has 0 aliphatic rings. The van der Waals surface area contributed by atoms with Crippen LogP contribution in [0.25, 0.3) is 10.9 Å². The lowest BCUT2D eigenvalue weighted by Gasteiger charge is -1.99. The lowest BCUT2D eigenvalue weighted by molar-refractivity contribution is 0.609. The Balaban J connectivity index is 2.65. The molecule has 1 N–H and O–H groups in total. The molecule has 0 spiro atoms. The minimum absolute atomic E-state index is 0.259. The number of rotatable bonds is 2. The molecule has 1 aromatic heterocycles. The first-order valence-electron chi connectivity index (χ1n) is 4.01. The standard InChI is InChI=1S/C8H6Cl2N2O2S/c9-8-7-5(4-15(10,13)14)2-1-3-6(7)11-12-8/h1-3H,4H2,(H,11,12). The van der Waals surface area contributed by atoms with E-state index in [1.165, 1.54) is 0 Å². The fourth-order valence-electron chi connectivity index (χ4n) is 1.40. The monoisotopic (exact) mass is 264 g/mol. The van der Waals surface area contributed by atoms with E-state index in [2.05, 4.69) is 10.2 Å². The SMILES string of the molecule is O=S(=O)(Cl)Cc1cccc2n[nH]c(Cl)c12. The highest BCUT2D eigenvalue weighted by atomic mass is 35.7. The molecule has 2 aromatic rings. The van der Waals surface area contributed by atoms with Crippen LogP contribution in [-0.4, -0.2) is 18.6 Å². The van der Waals surface area contributed by atoms with Gasteiger partial charge in [-0.3, -0.25) is 5.10 Å². The Morgan fingerprint density at radius 2 is 2.13 bits per heavy atom. The number of nitrogens with zero attached hydrogens (tertiary/aromatic N) is 1. The molecule has 0 bridgehead atoms. The second-order valence-corrected chi connectivity index (χ2v) is 6.19. The van der Waals surface area contributed by atoms with Gasteiger partial charge in [0.15, 0.2) is 0 Å². The molecule has 1 heterocycles. The molecule has 80 valence electrons. The molecule has 0 saturated heterocycles. The van der Waals surface area contributed by atoms with Crippen LogP contribution in [0.15, 0.2) is 18.2 Å². The van der Waals surface area contributed by atoms with E-state index in [-0.39, 0.29) is 5.75 Å². The van der Waals surface area contributed by atoms with E-state index in [1.807, 2.05) is 0 Å². The molecule has 7 heteroatoms. The highest BCUT2D eigenvalue weighted by Gasteiger charge is 2.13. The van der Waals surface area contributed by atoms with E-state index in [0.29, 0.717) is 21.6 Å². The zero-order valence-corrected chi connectivity index (χ0v) is 9.70. The van der Waals surface area contributed by atoms with Gasteiger partial charge in [0.25, 0.3) is 0 Å². The van der Waals surface area contributed by atoms with Gasteiger partial charge in [-0.1, -0.05) is 23.7 Å². The number of aromatic nitrogens is 2. The average Bonchev–Trinajstić information content (AvgIpc) is 2.46. The summed E-state index contributed by atoms with van der Waals surface area (Å²) >= 11 is 5.85. The molecule has 0 saturated carbocycles. The van der Waals surface area contributed by atoms with Crippen LogP contribution in [0.4, 0.5) is 0 Å². The Bertz CT molecular complexity index is 606. The topological polar surface area (TPSA) is 62.8 Å². The van der Waals surface area contributed by atoms with Crippen molar-refractivity contribution in [1.29, 1.82) is 0 Å². The van der Waals surface area contributed by atoms with Gasteiger partial charge in [0.2, 0.25) is 9.05 Å². The van der Waals surface area contributed by atoms with Crippen LogP contribution < -0.4 is 0 Å². The predicted molar refractivity (Wildman–Crippen MR) is 59.6 cm³/mol. The van der Waals surface area contributed by atoms with E-state index >= 15 is 0 Å². The number of aromatic amines is 1. The highest BCUT2D eigenvalue weighted by molar-refractivity contribution is 8.13. The van der Waals surface area contributed by atoms with E-state index < -0.39 is 9.05 Å². The molecular weight excluding hydrogens is 259 g/mol. The van der Waals surface area contributed by atoms with Crippen molar-refractivity contribution >= 4 is 42.2 Å². The molecule has 4 nitrogen and oxygen atoms in total. The molecule has 15 heavy (non-hydrogen) atoms. The number of benzene rings is 1. The van der Waals surface area contributed by atoms with Crippen molar-refractivity contribution in [3.8, 4) is 0 Å². The molecule has 1 aromatic carbocycles. The third-order valence-corrected chi connectivity index (χ3v) is 3.21. The summed E-state index contributed by atoms with van der Waals surface area (Å²) < 4.78 is 21.9. The van der Waals surface area contributed by atoms with Gasteiger partial charge in [-0.15, -0.1) is 0 Å². The van der Waals surface area contributed by atoms with Crippen molar-refractivity contribution in [2.45, 2.75) is 5.75 Å². The Morgan fingerprint density at radius 1 is 1.40 bits per heavy atom. The second-order valence-electron chi connectivity index (χ2n) is 3.03. The number of H-pyrrole nitrogens is 1. The molecule has 0 aliphatic carbocycles.